The highest BCUT2D eigenvalue weighted by molar-refractivity contribution is 6.32. The molecular formula is C16H16ClN3O2. The van der Waals surface area contributed by atoms with Crippen molar-refractivity contribution in [3.05, 3.63) is 41.3 Å². The Labute approximate surface area is 133 Å². The number of hydrogen-bond donors (Lipinski definition) is 0. The van der Waals surface area contributed by atoms with E-state index in [2.05, 4.69) is 9.97 Å². The Hall–Kier alpha value is -2.14. The number of benzene rings is 1. The molecule has 1 aromatic heterocycles. The molecule has 1 amide bonds. The second kappa shape index (κ2) is 6.32. The Balaban J connectivity index is 1.90. The van der Waals surface area contributed by atoms with Gasteiger partial charge in [0.2, 0.25) is 0 Å². The molecule has 6 heteroatoms. The van der Waals surface area contributed by atoms with Gasteiger partial charge in [-0.05, 0) is 31.0 Å². The molecule has 0 N–H and O–H groups in total. The molecule has 5 nitrogen and oxygen atoms in total. The molecule has 22 heavy (non-hydrogen) atoms. The SMILES string of the molecule is COc1ccc(-c2cncc(C(=O)N3CCCC3)n2)cc1Cl. The van der Waals surface area contributed by atoms with E-state index in [1.165, 1.54) is 6.20 Å². The van der Waals surface area contributed by atoms with Crippen molar-refractivity contribution >= 4 is 17.5 Å². The average Bonchev–Trinajstić information content (AvgIpc) is 3.08. The van der Waals surface area contributed by atoms with Gasteiger partial charge in [0, 0.05) is 18.7 Å². The molecule has 2 heterocycles. The molecule has 0 aliphatic carbocycles. The summed E-state index contributed by atoms with van der Waals surface area (Å²) >= 11 is 6.14. The molecule has 1 saturated heterocycles. The number of hydrogen-bond acceptors (Lipinski definition) is 4. The zero-order chi connectivity index (χ0) is 15.5. The van der Waals surface area contributed by atoms with E-state index in [0.717, 1.165) is 31.5 Å². The molecule has 1 fully saturated rings. The van der Waals surface area contributed by atoms with Gasteiger partial charge in [0.15, 0.2) is 0 Å². The largest absolute Gasteiger partial charge is 0.495 e. The predicted octanol–water partition coefficient (Wildman–Crippen LogP) is 3.04. The minimum absolute atomic E-state index is 0.0635. The minimum Gasteiger partial charge on any atom is -0.495 e. The first-order valence-electron chi connectivity index (χ1n) is 7.14. The van der Waals surface area contributed by atoms with E-state index in [-0.39, 0.29) is 5.91 Å². The molecule has 1 aromatic carbocycles. The minimum atomic E-state index is -0.0635. The van der Waals surface area contributed by atoms with E-state index in [9.17, 15) is 4.79 Å². The third-order valence-corrected chi connectivity index (χ3v) is 3.99. The van der Waals surface area contributed by atoms with E-state index in [1.807, 2.05) is 11.0 Å². The third kappa shape index (κ3) is 2.90. The fourth-order valence-electron chi connectivity index (χ4n) is 2.52. The van der Waals surface area contributed by atoms with E-state index in [4.69, 9.17) is 16.3 Å². The molecule has 0 saturated carbocycles. The number of likely N-dealkylation sites (tertiary alicyclic amines) is 1. The van der Waals surface area contributed by atoms with E-state index in [1.54, 1.807) is 25.4 Å². The van der Waals surface area contributed by atoms with Gasteiger partial charge in [-0.3, -0.25) is 9.78 Å². The van der Waals surface area contributed by atoms with Crippen LogP contribution in [0.15, 0.2) is 30.6 Å². The fourth-order valence-corrected chi connectivity index (χ4v) is 2.77. The van der Waals surface area contributed by atoms with Crippen LogP contribution in [0.25, 0.3) is 11.3 Å². The van der Waals surface area contributed by atoms with Crippen molar-refractivity contribution < 1.29 is 9.53 Å². The van der Waals surface area contributed by atoms with E-state index in [0.29, 0.717) is 22.2 Å². The number of halogens is 1. The summed E-state index contributed by atoms with van der Waals surface area (Å²) < 4.78 is 5.14. The summed E-state index contributed by atoms with van der Waals surface area (Å²) in [6.07, 6.45) is 5.23. The van der Waals surface area contributed by atoms with Gasteiger partial charge in [0.05, 0.1) is 30.2 Å². The first-order valence-corrected chi connectivity index (χ1v) is 7.52. The number of carbonyl (C=O) groups excluding carboxylic acids is 1. The van der Waals surface area contributed by atoms with E-state index >= 15 is 0 Å². The van der Waals surface area contributed by atoms with Gasteiger partial charge in [-0.1, -0.05) is 11.6 Å². The van der Waals surface area contributed by atoms with Gasteiger partial charge in [0.25, 0.3) is 5.91 Å². The van der Waals surface area contributed by atoms with Crippen LogP contribution >= 0.6 is 11.6 Å². The van der Waals surface area contributed by atoms with Crippen LogP contribution in [0.5, 0.6) is 5.75 Å². The molecule has 3 rings (SSSR count). The predicted molar refractivity (Wildman–Crippen MR) is 84.2 cm³/mol. The smallest absolute Gasteiger partial charge is 0.274 e. The van der Waals surface area contributed by atoms with Gasteiger partial charge in [0.1, 0.15) is 11.4 Å². The number of methoxy groups -OCH3 is 1. The number of carbonyl (C=O) groups is 1. The maximum Gasteiger partial charge on any atom is 0.274 e. The average molecular weight is 318 g/mol. The molecule has 0 radical (unpaired) electrons. The van der Waals surface area contributed by atoms with Crippen molar-refractivity contribution in [2.45, 2.75) is 12.8 Å². The third-order valence-electron chi connectivity index (χ3n) is 3.69. The second-order valence-electron chi connectivity index (χ2n) is 5.14. The van der Waals surface area contributed by atoms with Gasteiger partial charge in [-0.2, -0.15) is 0 Å². The number of ether oxygens (including phenoxy) is 1. The second-order valence-corrected chi connectivity index (χ2v) is 5.55. The maximum absolute atomic E-state index is 12.4. The summed E-state index contributed by atoms with van der Waals surface area (Å²) in [5, 5.41) is 0.498. The van der Waals surface area contributed by atoms with Crippen molar-refractivity contribution in [1.29, 1.82) is 0 Å². The zero-order valence-electron chi connectivity index (χ0n) is 12.3. The molecule has 2 aromatic rings. The number of aromatic nitrogens is 2. The Morgan fingerprint density at radius 1 is 1.27 bits per heavy atom. The van der Waals surface area contributed by atoms with Crippen molar-refractivity contribution in [2.24, 2.45) is 0 Å². The topological polar surface area (TPSA) is 55.3 Å². The van der Waals surface area contributed by atoms with Crippen LogP contribution in [0.2, 0.25) is 5.02 Å². The van der Waals surface area contributed by atoms with Crippen LogP contribution in [-0.2, 0) is 0 Å². The lowest BCUT2D eigenvalue weighted by atomic mass is 10.1. The lowest BCUT2D eigenvalue weighted by molar-refractivity contribution is 0.0786. The lowest BCUT2D eigenvalue weighted by Gasteiger charge is -2.14. The summed E-state index contributed by atoms with van der Waals surface area (Å²) in [6.45, 7) is 1.58. The van der Waals surface area contributed by atoms with Crippen LogP contribution < -0.4 is 4.74 Å². The summed E-state index contributed by atoms with van der Waals surface area (Å²) in [6, 6.07) is 5.38. The monoisotopic (exact) mass is 317 g/mol. The van der Waals surface area contributed by atoms with E-state index < -0.39 is 0 Å². The van der Waals surface area contributed by atoms with Gasteiger partial charge in [-0.15, -0.1) is 0 Å². The van der Waals surface area contributed by atoms with Crippen LogP contribution in [-0.4, -0.2) is 41.0 Å². The van der Waals surface area contributed by atoms with Gasteiger partial charge in [-0.25, -0.2) is 4.98 Å². The first-order chi connectivity index (χ1) is 10.7. The summed E-state index contributed by atoms with van der Waals surface area (Å²) in [7, 11) is 1.57. The first kappa shape index (κ1) is 14.8. The Morgan fingerprint density at radius 2 is 2.05 bits per heavy atom. The van der Waals surface area contributed by atoms with Gasteiger partial charge < -0.3 is 9.64 Å². The highest BCUT2D eigenvalue weighted by atomic mass is 35.5. The van der Waals surface area contributed by atoms with Crippen molar-refractivity contribution in [3.63, 3.8) is 0 Å². The molecule has 0 bridgehead atoms. The Bertz CT molecular complexity index is 700. The highest BCUT2D eigenvalue weighted by Gasteiger charge is 2.21. The zero-order valence-corrected chi connectivity index (χ0v) is 13.0. The fraction of sp³-hybridized carbons (Fsp3) is 0.312. The molecule has 114 valence electrons. The normalized spacial score (nSPS) is 14.2. The summed E-state index contributed by atoms with van der Waals surface area (Å²) in [4.78, 5) is 22.8. The summed E-state index contributed by atoms with van der Waals surface area (Å²) in [5.74, 6) is 0.536. The number of rotatable bonds is 3. The van der Waals surface area contributed by atoms with Crippen molar-refractivity contribution in [3.8, 4) is 17.0 Å². The molecule has 0 unspecified atom stereocenters. The van der Waals surface area contributed by atoms with Crippen LogP contribution in [0.1, 0.15) is 23.3 Å². The van der Waals surface area contributed by atoms with Crippen molar-refractivity contribution in [2.75, 3.05) is 20.2 Å². The molecule has 0 atom stereocenters. The molecule has 0 spiro atoms. The maximum atomic E-state index is 12.4. The number of nitrogens with zero attached hydrogens (tertiary/aromatic N) is 3. The molecule has 1 aliphatic heterocycles. The standard InChI is InChI=1S/C16H16ClN3O2/c1-22-15-5-4-11(8-12(15)17)13-9-18-10-14(19-13)16(21)20-6-2-3-7-20/h4-5,8-10H,2-3,6-7H2,1H3. The molecular weight excluding hydrogens is 302 g/mol. The number of amides is 1. The van der Waals surface area contributed by atoms with Gasteiger partial charge >= 0.3 is 0 Å². The van der Waals surface area contributed by atoms with Crippen LogP contribution in [0.4, 0.5) is 0 Å². The molecule has 1 aliphatic rings. The highest BCUT2D eigenvalue weighted by Crippen LogP contribution is 2.29. The Morgan fingerprint density at radius 3 is 2.73 bits per heavy atom. The summed E-state index contributed by atoms with van der Waals surface area (Å²) in [5.41, 5.74) is 1.79. The lowest BCUT2D eigenvalue weighted by Crippen LogP contribution is -2.28. The Kier molecular flexibility index (Phi) is 4.24. The van der Waals surface area contributed by atoms with Crippen LogP contribution in [0, 0.1) is 0 Å². The van der Waals surface area contributed by atoms with Crippen molar-refractivity contribution in [1.82, 2.24) is 14.9 Å². The quantitative estimate of drug-likeness (QED) is 0.873. The van der Waals surface area contributed by atoms with Crippen LogP contribution in [0.3, 0.4) is 0 Å².